The lowest BCUT2D eigenvalue weighted by Gasteiger charge is -2.03. The number of ether oxygens (including phenoxy) is 1. The molecule has 4 rings (SSSR count). The molecule has 0 amide bonds. The van der Waals surface area contributed by atoms with E-state index in [9.17, 15) is 0 Å². The topological polar surface area (TPSA) is 31.5 Å². The third-order valence-corrected chi connectivity index (χ3v) is 4.86. The number of rotatable bonds is 2. The highest BCUT2D eigenvalue weighted by molar-refractivity contribution is 7.71. The van der Waals surface area contributed by atoms with Gasteiger partial charge in [-0.3, -0.25) is 4.40 Å². The SMILES string of the molecule is COc1ccc(-n2sc3nc4ccccc4n3c2=S)cc1. The van der Waals surface area contributed by atoms with E-state index in [0.717, 1.165) is 32.2 Å². The van der Waals surface area contributed by atoms with Gasteiger partial charge in [-0.2, -0.15) is 0 Å². The van der Waals surface area contributed by atoms with Gasteiger partial charge in [0, 0.05) is 0 Å². The maximum atomic E-state index is 5.62. The highest BCUT2D eigenvalue weighted by atomic mass is 32.1. The minimum Gasteiger partial charge on any atom is -0.497 e. The van der Waals surface area contributed by atoms with Crippen LogP contribution in [0.2, 0.25) is 0 Å². The van der Waals surface area contributed by atoms with Crippen LogP contribution in [-0.2, 0) is 0 Å². The number of methoxy groups -OCH3 is 1. The van der Waals surface area contributed by atoms with Crippen molar-refractivity contribution in [2.45, 2.75) is 0 Å². The van der Waals surface area contributed by atoms with Gasteiger partial charge in [0.15, 0.2) is 0 Å². The molecule has 0 spiro atoms. The zero-order valence-electron chi connectivity index (χ0n) is 11.2. The van der Waals surface area contributed by atoms with Crippen LogP contribution in [0.15, 0.2) is 48.5 Å². The van der Waals surface area contributed by atoms with Crippen LogP contribution in [0, 0.1) is 4.77 Å². The van der Waals surface area contributed by atoms with E-state index in [-0.39, 0.29) is 0 Å². The monoisotopic (exact) mass is 313 g/mol. The average Bonchev–Trinajstić information content (AvgIpc) is 3.04. The van der Waals surface area contributed by atoms with Crippen LogP contribution in [0.1, 0.15) is 0 Å². The first-order chi connectivity index (χ1) is 10.3. The molecule has 0 bridgehead atoms. The number of aromatic nitrogens is 3. The molecule has 0 unspecified atom stereocenters. The predicted molar refractivity (Wildman–Crippen MR) is 87.3 cm³/mol. The number of hydrogen-bond acceptors (Lipinski definition) is 4. The highest BCUT2D eigenvalue weighted by Crippen LogP contribution is 2.25. The first-order valence-electron chi connectivity index (χ1n) is 6.42. The first-order valence-corrected chi connectivity index (χ1v) is 7.60. The smallest absolute Gasteiger partial charge is 0.213 e. The molecule has 104 valence electrons. The molecule has 0 saturated carbocycles. The van der Waals surface area contributed by atoms with Gasteiger partial charge >= 0.3 is 0 Å². The molecule has 2 heterocycles. The Morgan fingerprint density at radius 1 is 1.10 bits per heavy atom. The summed E-state index contributed by atoms with van der Waals surface area (Å²) in [6, 6.07) is 15.9. The van der Waals surface area contributed by atoms with Crippen LogP contribution in [-0.4, -0.2) is 20.5 Å². The van der Waals surface area contributed by atoms with Crippen LogP contribution < -0.4 is 4.74 Å². The van der Waals surface area contributed by atoms with Gasteiger partial charge in [-0.1, -0.05) is 12.1 Å². The van der Waals surface area contributed by atoms with Crippen molar-refractivity contribution in [1.29, 1.82) is 0 Å². The van der Waals surface area contributed by atoms with Crippen LogP contribution in [0.4, 0.5) is 0 Å². The second-order valence-electron chi connectivity index (χ2n) is 4.58. The fourth-order valence-corrected chi connectivity index (χ4v) is 3.76. The molecule has 4 aromatic rings. The normalized spacial score (nSPS) is 11.3. The highest BCUT2D eigenvalue weighted by Gasteiger charge is 2.11. The number of benzene rings is 2. The molecule has 0 radical (unpaired) electrons. The molecular weight excluding hydrogens is 302 g/mol. The van der Waals surface area contributed by atoms with Gasteiger partial charge in [-0.25, -0.2) is 8.94 Å². The Kier molecular flexibility index (Phi) is 2.80. The second kappa shape index (κ2) is 4.68. The number of nitrogens with zero attached hydrogens (tertiary/aromatic N) is 3. The summed E-state index contributed by atoms with van der Waals surface area (Å²) in [5.41, 5.74) is 3.03. The lowest BCUT2D eigenvalue weighted by molar-refractivity contribution is 0.415. The summed E-state index contributed by atoms with van der Waals surface area (Å²) in [4.78, 5) is 5.53. The van der Waals surface area contributed by atoms with E-state index in [2.05, 4.69) is 4.98 Å². The van der Waals surface area contributed by atoms with E-state index >= 15 is 0 Å². The van der Waals surface area contributed by atoms with Gasteiger partial charge in [-0.15, -0.1) is 0 Å². The van der Waals surface area contributed by atoms with Gasteiger partial charge in [0.2, 0.25) is 9.73 Å². The van der Waals surface area contributed by atoms with Crippen molar-refractivity contribution in [2.75, 3.05) is 7.11 Å². The summed E-state index contributed by atoms with van der Waals surface area (Å²) in [6.07, 6.45) is 0. The molecule has 4 nitrogen and oxygen atoms in total. The van der Waals surface area contributed by atoms with E-state index in [1.165, 1.54) is 11.5 Å². The minimum absolute atomic E-state index is 0.730. The molecule has 0 saturated heterocycles. The van der Waals surface area contributed by atoms with Crippen molar-refractivity contribution < 1.29 is 4.74 Å². The van der Waals surface area contributed by atoms with Gasteiger partial charge < -0.3 is 4.74 Å². The Labute approximate surface area is 130 Å². The summed E-state index contributed by atoms with van der Waals surface area (Å²) >= 11 is 7.16. The van der Waals surface area contributed by atoms with E-state index < -0.39 is 0 Å². The fraction of sp³-hybridized carbons (Fsp3) is 0.0667. The maximum absolute atomic E-state index is 5.62. The first kappa shape index (κ1) is 12.6. The van der Waals surface area contributed by atoms with Crippen molar-refractivity contribution >= 4 is 39.7 Å². The maximum Gasteiger partial charge on any atom is 0.213 e. The lowest BCUT2D eigenvalue weighted by atomic mass is 10.3. The molecule has 0 fully saturated rings. The molecule has 2 aromatic carbocycles. The minimum atomic E-state index is 0.730. The van der Waals surface area contributed by atoms with Crippen LogP contribution in [0.25, 0.3) is 21.7 Å². The molecule has 0 atom stereocenters. The quantitative estimate of drug-likeness (QED) is 0.523. The largest absolute Gasteiger partial charge is 0.497 e. The summed E-state index contributed by atoms with van der Waals surface area (Å²) in [5, 5.41) is 0. The Hall–Kier alpha value is -2.18. The zero-order valence-corrected chi connectivity index (χ0v) is 12.8. The van der Waals surface area contributed by atoms with Gasteiger partial charge in [-0.05, 0) is 60.1 Å². The number of para-hydroxylation sites is 2. The molecule has 0 aliphatic rings. The van der Waals surface area contributed by atoms with Crippen molar-refractivity contribution in [3.05, 3.63) is 53.3 Å². The standard InChI is InChI=1S/C15H11N3OS2/c1-19-11-8-6-10(7-9-11)18-15(20)17-13-5-3-2-4-12(13)16-14(17)21-18/h2-9H,1H3. The van der Waals surface area contributed by atoms with Crippen molar-refractivity contribution in [3.8, 4) is 11.4 Å². The number of imidazole rings is 1. The Bertz CT molecular complexity index is 995. The van der Waals surface area contributed by atoms with Crippen LogP contribution in [0.3, 0.4) is 0 Å². The van der Waals surface area contributed by atoms with Crippen molar-refractivity contribution in [3.63, 3.8) is 0 Å². The average molecular weight is 313 g/mol. The van der Waals surface area contributed by atoms with Crippen LogP contribution in [0.5, 0.6) is 5.75 Å². The molecule has 2 aromatic heterocycles. The summed E-state index contributed by atoms with van der Waals surface area (Å²) < 4.78 is 9.93. The van der Waals surface area contributed by atoms with Gasteiger partial charge in [0.05, 0.1) is 23.8 Å². The third kappa shape index (κ3) is 1.87. The molecule has 0 N–H and O–H groups in total. The zero-order chi connectivity index (χ0) is 14.4. The molecule has 0 aliphatic carbocycles. The second-order valence-corrected chi connectivity index (χ2v) is 5.86. The van der Waals surface area contributed by atoms with Gasteiger partial charge in [0.1, 0.15) is 5.75 Å². The Morgan fingerprint density at radius 3 is 2.62 bits per heavy atom. The Morgan fingerprint density at radius 2 is 1.86 bits per heavy atom. The summed E-state index contributed by atoms with van der Waals surface area (Å²) in [7, 11) is 1.66. The van der Waals surface area contributed by atoms with Crippen molar-refractivity contribution in [2.24, 2.45) is 0 Å². The summed E-state index contributed by atoms with van der Waals surface area (Å²) in [6.45, 7) is 0. The fourth-order valence-electron chi connectivity index (χ4n) is 2.34. The van der Waals surface area contributed by atoms with E-state index in [1.807, 2.05) is 56.9 Å². The molecular formula is C15H11N3OS2. The molecule has 21 heavy (non-hydrogen) atoms. The predicted octanol–water partition coefficient (Wildman–Crippen LogP) is 4.08. The van der Waals surface area contributed by atoms with Gasteiger partial charge in [0.25, 0.3) is 0 Å². The number of hydrogen-bond donors (Lipinski definition) is 0. The lowest BCUT2D eigenvalue weighted by Crippen LogP contribution is -1.92. The van der Waals surface area contributed by atoms with Crippen LogP contribution >= 0.6 is 23.8 Å². The van der Waals surface area contributed by atoms with E-state index in [1.54, 1.807) is 7.11 Å². The third-order valence-electron chi connectivity index (χ3n) is 3.37. The number of fused-ring (bicyclic) bond motifs is 3. The molecule has 0 aliphatic heterocycles. The summed E-state index contributed by atoms with van der Waals surface area (Å²) in [5.74, 6) is 0.831. The Balaban J connectivity index is 1.97. The van der Waals surface area contributed by atoms with E-state index in [4.69, 9.17) is 17.0 Å². The van der Waals surface area contributed by atoms with E-state index in [0.29, 0.717) is 0 Å². The molecule has 6 heteroatoms. The van der Waals surface area contributed by atoms with Crippen molar-refractivity contribution in [1.82, 2.24) is 13.3 Å².